The van der Waals surface area contributed by atoms with Crippen LogP contribution in [0, 0.1) is 11.8 Å². The Labute approximate surface area is 207 Å². The maximum Gasteiger partial charge on any atom is 0.308 e. The Morgan fingerprint density at radius 1 is 1.06 bits per heavy atom. The molecule has 1 fully saturated rings. The van der Waals surface area contributed by atoms with Crippen molar-refractivity contribution in [2.24, 2.45) is 11.8 Å². The number of ether oxygens (including phenoxy) is 1. The van der Waals surface area contributed by atoms with Gasteiger partial charge in [0.25, 0.3) is 0 Å². The van der Waals surface area contributed by atoms with Crippen molar-refractivity contribution in [1.29, 1.82) is 0 Å². The summed E-state index contributed by atoms with van der Waals surface area (Å²) < 4.78 is 5.54. The molecule has 182 valence electrons. The van der Waals surface area contributed by atoms with Crippen LogP contribution in [0.4, 0.5) is 11.6 Å². The lowest BCUT2D eigenvalue weighted by molar-refractivity contribution is -0.159. The number of pyridine rings is 1. The van der Waals surface area contributed by atoms with Gasteiger partial charge in [0.15, 0.2) is 5.82 Å². The number of carbonyl (C=O) groups excluding carboxylic acids is 1. The van der Waals surface area contributed by atoms with E-state index in [4.69, 9.17) is 14.7 Å². The van der Waals surface area contributed by atoms with Crippen LogP contribution in [0.2, 0.25) is 0 Å². The summed E-state index contributed by atoms with van der Waals surface area (Å²) in [5.74, 6) is 2.63. The molecule has 0 amide bonds. The molecular formula is C28H33N5O2. The van der Waals surface area contributed by atoms with Crippen molar-refractivity contribution in [1.82, 2.24) is 15.0 Å². The first-order valence-electron chi connectivity index (χ1n) is 12.6. The Hall–Kier alpha value is -3.48. The highest BCUT2D eigenvalue weighted by molar-refractivity contribution is 5.71. The van der Waals surface area contributed by atoms with Crippen molar-refractivity contribution >= 4 is 17.6 Å². The lowest BCUT2D eigenvalue weighted by Gasteiger charge is -2.35. The summed E-state index contributed by atoms with van der Waals surface area (Å²) in [5, 5.41) is 3.52. The number of fused-ring (bicyclic) bond motifs is 1. The number of carbonyl (C=O) groups is 1. The van der Waals surface area contributed by atoms with Gasteiger partial charge >= 0.3 is 5.97 Å². The molecule has 35 heavy (non-hydrogen) atoms. The van der Waals surface area contributed by atoms with Crippen molar-refractivity contribution in [3.63, 3.8) is 0 Å². The summed E-state index contributed by atoms with van der Waals surface area (Å²) >= 11 is 0. The fourth-order valence-corrected chi connectivity index (χ4v) is 4.68. The van der Waals surface area contributed by atoms with Gasteiger partial charge in [0.1, 0.15) is 23.4 Å². The third kappa shape index (κ3) is 5.61. The minimum atomic E-state index is -0.110. The van der Waals surface area contributed by atoms with Gasteiger partial charge in [-0.15, -0.1) is 0 Å². The van der Waals surface area contributed by atoms with Gasteiger partial charge in [-0.25, -0.2) is 9.97 Å². The maximum absolute atomic E-state index is 11.8. The van der Waals surface area contributed by atoms with Crippen molar-refractivity contribution in [3.05, 3.63) is 65.9 Å². The highest BCUT2D eigenvalue weighted by Crippen LogP contribution is 2.31. The highest BCUT2D eigenvalue weighted by atomic mass is 16.5. The van der Waals surface area contributed by atoms with Gasteiger partial charge < -0.3 is 15.0 Å². The van der Waals surface area contributed by atoms with Gasteiger partial charge in [-0.2, -0.15) is 0 Å². The second-order valence-corrected chi connectivity index (χ2v) is 9.84. The minimum absolute atomic E-state index is 0.0421. The molecule has 0 saturated heterocycles. The maximum atomic E-state index is 11.8. The second kappa shape index (κ2) is 10.4. The second-order valence-electron chi connectivity index (χ2n) is 9.84. The van der Waals surface area contributed by atoms with E-state index in [0.29, 0.717) is 11.7 Å². The monoisotopic (exact) mass is 471 g/mol. The molecule has 0 radical (unpaired) electrons. The number of anilines is 2. The number of esters is 1. The van der Waals surface area contributed by atoms with Crippen LogP contribution >= 0.6 is 0 Å². The van der Waals surface area contributed by atoms with Gasteiger partial charge in [-0.05, 0) is 54.9 Å². The molecule has 7 heteroatoms. The van der Waals surface area contributed by atoms with Crippen molar-refractivity contribution in [2.45, 2.75) is 45.6 Å². The molecule has 5 rings (SSSR count). The van der Waals surface area contributed by atoms with Gasteiger partial charge in [-0.1, -0.05) is 44.2 Å². The topological polar surface area (TPSA) is 80.2 Å². The zero-order chi connectivity index (χ0) is 24.2. The normalized spacial score (nSPS) is 19.5. The van der Waals surface area contributed by atoms with E-state index in [1.165, 1.54) is 11.1 Å². The summed E-state index contributed by atoms with van der Waals surface area (Å²) in [7, 11) is 0. The number of hydrogen-bond donors (Lipinski definition) is 1. The standard InChI is InChI=1S/C28H33N5O2/c1-19(2)28(34)35-23-15-20(16-23)18-30-25-17-26(32-27(31-25)24-9-5-6-12-29-24)33-13-10-21-7-3-4-8-22(21)11-14-33/h3-9,12,17,19-20,23H,10-11,13-16,18H2,1-2H3,(H,30,31,32). The molecule has 2 aliphatic rings. The molecule has 3 heterocycles. The van der Waals surface area contributed by atoms with Crippen LogP contribution in [0.3, 0.4) is 0 Å². The van der Waals surface area contributed by atoms with Crippen LogP contribution in [-0.2, 0) is 22.4 Å². The van der Waals surface area contributed by atoms with Crippen LogP contribution in [0.5, 0.6) is 0 Å². The molecule has 0 spiro atoms. The zero-order valence-electron chi connectivity index (χ0n) is 20.5. The van der Waals surface area contributed by atoms with E-state index < -0.39 is 0 Å². The molecule has 1 saturated carbocycles. The third-order valence-corrected chi connectivity index (χ3v) is 6.87. The van der Waals surface area contributed by atoms with Crippen LogP contribution in [0.25, 0.3) is 11.5 Å². The summed E-state index contributed by atoms with van der Waals surface area (Å²) in [6.07, 6.45) is 5.59. The number of benzene rings is 1. The van der Waals surface area contributed by atoms with Crippen LogP contribution in [0.15, 0.2) is 54.7 Å². The summed E-state index contributed by atoms with van der Waals surface area (Å²) in [5.41, 5.74) is 3.61. The summed E-state index contributed by atoms with van der Waals surface area (Å²) in [6, 6.07) is 16.6. The Bertz CT molecular complexity index is 1130. The molecule has 0 bridgehead atoms. The first-order valence-corrected chi connectivity index (χ1v) is 12.6. The Morgan fingerprint density at radius 2 is 1.77 bits per heavy atom. The molecule has 1 N–H and O–H groups in total. The van der Waals surface area contributed by atoms with Crippen LogP contribution in [0.1, 0.15) is 37.8 Å². The number of rotatable bonds is 7. The number of hydrogen-bond acceptors (Lipinski definition) is 7. The molecule has 1 aromatic carbocycles. The Morgan fingerprint density at radius 3 is 2.43 bits per heavy atom. The SMILES string of the molecule is CC(C)C(=O)OC1CC(CNc2cc(N3CCc4ccccc4CC3)nc(-c3ccccn3)n2)C1. The van der Waals surface area contributed by atoms with Gasteiger partial charge in [0, 0.05) is 31.9 Å². The van der Waals surface area contributed by atoms with E-state index in [1.807, 2.05) is 32.0 Å². The highest BCUT2D eigenvalue weighted by Gasteiger charge is 2.32. The van der Waals surface area contributed by atoms with E-state index in [1.54, 1.807) is 6.20 Å². The Balaban J connectivity index is 1.29. The van der Waals surface area contributed by atoms with E-state index in [-0.39, 0.29) is 18.0 Å². The van der Waals surface area contributed by atoms with E-state index in [2.05, 4.69) is 45.5 Å². The molecular weight excluding hydrogens is 438 g/mol. The molecule has 7 nitrogen and oxygen atoms in total. The third-order valence-electron chi connectivity index (χ3n) is 6.87. The van der Waals surface area contributed by atoms with E-state index in [0.717, 1.165) is 62.6 Å². The minimum Gasteiger partial charge on any atom is -0.462 e. The predicted octanol–water partition coefficient (Wildman–Crippen LogP) is 4.53. The largest absolute Gasteiger partial charge is 0.462 e. The summed E-state index contributed by atoms with van der Waals surface area (Å²) in [4.78, 5) is 28.4. The quantitative estimate of drug-likeness (QED) is 0.507. The average molecular weight is 472 g/mol. The first-order chi connectivity index (χ1) is 17.0. The number of nitrogens with zero attached hydrogens (tertiary/aromatic N) is 4. The lowest BCUT2D eigenvalue weighted by atomic mass is 9.82. The number of nitrogens with one attached hydrogen (secondary N) is 1. The smallest absolute Gasteiger partial charge is 0.308 e. The molecule has 3 aromatic rings. The van der Waals surface area contributed by atoms with Crippen molar-refractivity contribution in [2.75, 3.05) is 29.9 Å². The fourth-order valence-electron chi connectivity index (χ4n) is 4.68. The van der Waals surface area contributed by atoms with E-state index in [9.17, 15) is 4.79 Å². The molecule has 1 aliphatic carbocycles. The molecule has 1 aliphatic heterocycles. The molecule has 2 aromatic heterocycles. The lowest BCUT2D eigenvalue weighted by Crippen LogP contribution is -2.37. The van der Waals surface area contributed by atoms with Crippen molar-refractivity contribution in [3.8, 4) is 11.5 Å². The summed E-state index contributed by atoms with van der Waals surface area (Å²) in [6.45, 7) is 6.37. The van der Waals surface area contributed by atoms with Crippen LogP contribution in [-0.4, -0.2) is 46.7 Å². The predicted molar refractivity (Wildman–Crippen MR) is 137 cm³/mol. The Kier molecular flexibility index (Phi) is 6.93. The van der Waals surface area contributed by atoms with Crippen molar-refractivity contribution < 1.29 is 9.53 Å². The van der Waals surface area contributed by atoms with Gasteiger partial charge in [0.05, 0.1) is 5.92 Å². The van der Waals surface area contributed by atoms with Gasteiger partial charge in [-0.3, -0.25) is 9.78 Å². The molecule has 0 atom stereocenters. The van der Waals surface area contributed by atoms with Crippen LogP contribution < -0.4 is 10.2 Å². The molecule has 0 unspecified atom stereocenters. The average Bonchev–Trinajstić information content (AvgIpc) is 3.08. The van der Waals surface area contributed by atoms with Gasteiger partial charge in [0.2, 0.25) is 0 Å². The first kappa shape index (κ1) is 23.3. The fraction of sp³-hybridized carbons (Fsp3) is 0.429. The number of aromatic nitrogens is 3. The zero-order valence-corrected chi connectivity index (χ0v) is 20.5. The van der Waals surface area contributed by atoms with E-state index >= 15 is 0 Å².